The Labute approximate surface area is 137 Å². The summed E-state index contributed by atoms with van der Waals surface area (Å²) in [5, 5.41) is 3.82. The summed E-state index contributed by atoms with van der Waals surface area (Å²) in [5.41, 5.74) is 4.62. The first-order valence-electron chi connectivity index (χ1n) is 7.60. The van der Waals surface area contributed by atoms with Crippen molar-refractivity contribution in [1.29, 1.82) is 0 Å². The molecule has 2 rings (SSSR count). The van der Waals surface area contributed by atoms with Crippen LogP contribution in [0, 0.1) is 13.8 Å². The van der Waals surface area contributed by atoms with E-state index in [9.17, 15) is 4.79 Å². The molecule has 0 bridgehead atoms. The molecule has 0 radical (unpaired) electrons. The molecule has 0 saturated carbocycles. The standard InChI is InChI=1S/C19H22ClNO/c1-4-18(17-10-5-13(2)11-14(17)3)21-19(22)12-15-6-8-16(20)9-7-15/h5-11,18H,4,12H2,1-3H3,(H,21,22). The molecule has 2 nitrogen and oxygen atoms in total. The van der Waals surface area contributed by atoms with Gasteiger partial charge in [-0.3, -0.25) is 4.79 Å². The van der Waals surface area contributed by atoms with Crippen LogP contribution in [0.15, 0.2) is 42.5 Å². The van der Waals surface area contributed by atoms with Gasteiger partial charge >= 0.3 is 0 Å². The predicted molar refractivity (Wildman–Crippen MR) is 92.2 cm³/mol. The summed E-state index contributed by atoms with van der Waals surface area (Å²) >= 11 is 5.86. The lowest BCUT2D eigenvalue weighted by Gasteiger charge is -2.20. The molecule has 0 aliphatic heterocycles. The molecule has 3 heteroatoms. The maximum atomic E-state index is 12.3. The fourth-order valence-electron chi connectivity index (χ4n) is 2.65. The molecule has 1 amide bonds. The number of hydrogen-bond donors (Lipinski definition) is 1. The zero-order chi connectivity index (χ0) is 16.1. The SMILES string of the molecule is CCC(NC(=O)Cc1ccc(Cl)cc1)c1ccc(C)cc1C. The number of amides is 1. The van der Waals surface area contributed by atoms with Gasteiger partial charge in [-0.25, -0.2) is 0 Å². The van der Waals surface area contributed by atoms with Gasteiger partial charge in [-0.05, 0) is 49.1 Å². The van der Waals surface area contributed by atoms with Crippen molar-refractivity contribution in [2.75, 3.05) is 0 Å². The van der Waals surface area contributed by atoms with Crippen LogP contribution in [0.25, 0.3) is 0 Å². The maximum Gasteiger partial charge on any atom is 0.224 e. The third kappa shape index (κ3) is 4.35. The summed E-state index contributed by atoms with van der Waals surface area (Å²) in [6, 6.07) is 13.8. The van der Waals surface area contributed by atoms with Crippen LogP contribution in [0.3, 0.4) is 0 Å². The van der Waals surface area contributed by atoms with Crippen LogP contribution >= 0.6 is 11.6 Å². The number of halogens is 1. The van der Waals surface area contributed by atoms with Crippen molar-refractivity contribution in [1.82, 2.24) is 5.32 Å². The van der Waals surface area contributed by atoms with Crippen LogP contribution in [0.1, 0.15) is 41.6 Å². The molecule has 1 atom stereocenters. The molecule has 1 unspecified atom stereocenters. The van der Waals surface area contributed by atoms with Gasteiger partial charge in [-0.15, -0.1) is 0 Å². The van der Waals surface area contributed by atoms with E-state index in [4.69, 9.17) is 11.6 Å². The van der Waals surface area contributed by atoms with Crippen LogP contribution in [0.5, 0.6) is 0 Å². The Kier molecular flexibility index (Phi) is 5.62. The molecule has 2 aromatic rings. The topological polar surface area (TPSA) is 29.1 Å². The first-order chi connectivity index (χ1) is 10.5. The van der Waals surface area contributed by atoms with E-state index in [1.54, 1.807) is 0 Å². The van der Waals surface area contributed by atoms with Gasteiger partial charge in [0.05, 0.1) is 12.5 Å². The van der Waals surface area contributed by atoms with Crippen molar-refractivity contribution in [3.05, 3.63) is 69.7 Å². The van der Waals surface area contributed by atoms with Crippen molar-refractivity contribution in [2.45, 2.75) is 39.7 Å². The van der Waals surface area contributed by atoms with Gasteiger partial charge in [0.2, 0.25) is 5.91 Å². The Morgan fingerprint density at radius 1 is 1.14 bits per heavy atom. The van der Waals surface area contributed by atoms with Crippen molar-refractivity contribution in [3.8, 4) is 0 Å². The third-order valence-electron chi connectivity index (χ3n) is 3.82. The van der Waals surface area contributed by atoms with Crippen LogP contribution in [-0.2, 0) is 11.2 Å². The summed E-state index contributed by atoms with van der Waals surface area (Å²) in [7, 11) is 0. The smallest absolute Gasteiger partial charge is 0.224 e. The molecule has 1 N–H and O–H groups in total. The normalized spacial score (nSPS) is 12.0. The first kappa shape index (κ1) is 16.6. The monoisotopic (exact) mass is 315 g/mol. The van der Waals surface area contributed by atoms with E-state index < -0.39 is 0 Å². The van der Waals surface area contributed by atoms with Gasteiger partial charge in [0, 0.05) is 5.02 Å². The zero-order valence-corrected chi connectivity index (χ0v) is 14.1. The van der Waals surface area contributed by atoms with E-state index in [1.807, 2.05) is 24.3 Å². The number of rotatable bonds is 5. The summed E-state index contributed by atoms with van der Waals surface area (Å²) in [5.74, 6) is 0.0362. The second-order valence-electron chi connectivity index (χ2n) is 5.69. The second kappa shape index (κ2) is 7.46. The molecule has 0 heterocycles. The summed E-state index contributed by atoms with van der Waals surface area (Å²) in [6.07, 6.45) is 1.24. The predicted octanol–water partition coefficient (Wildman–Crippen LogP) is 4.77. The van der Waals surface area contributed by atoms with Gasteiger partial charge in [-0.2, -0.15) is 0 Å². The van der Waals surface area contributed by atoms with E-state index in [-0.39, 0.29) is 11.9 Å². The second-order valence-corrected chi connectivity index (χ2v) is 6.13. The van der Waals surface area contributed by atoms with E-state index in [2.05, 4.69) is 44.3 Å². The van der Waals surface area contributed by atoms with Gasteiger partial charge in [-0.1, -0.05) is 54.4 Å². The third-order valence-corrected chi connectivity index (χ3v) is 4.07. The van der Waals surface area contributed by atoms with E-state index in [1.165, 1.54) is 16.7 Å². The van der Waals surface area contributed by atoms with Crippen molar-refractivity contribution in [3.63, 3.8) is 0 Å². The lowest BCUT2D eigenvalue weighted by Crippen LogP contribution is -2.30. The van der Waals surface area contributed by atoms with Gasteiger partial charge in [0.15, 0.2) is 0 Å². The highest BCUT2D eigenvalue weighted by Crippen LogP contribution is 2.22. The van der Waals surface area contributed by atoms with Crippen LogP contribution in [0.4, 0.5) is 0 Å². The average molecular weight is 316 g/mol. The largest absolute Gasteiger partial charge is 0.349 e. The minimum absolute atomic E-state index is 0.0362. The number of benzene rings is 2. The highest BCUT2D eigenvalue weighted by molar-refractivity contribution is 6.30. The molecule has 0 spiro atoms. The minimum Gasteiger partial charge on any atom is -0.349 e. The molecular formula is C19H22ClNO. The van der Waals surface area contributed by atoms with Crippen LogP contribution < -0.4 is 5.32 Å². The average Bonchev–Trinajstić information content (AvgIpc) is 2.48. The van der Waals surface area contributed by atoms with Gasteiger partial charge in [0.25, 0.3) is 0 Å². The molecule has 22 heavy (non-hydrogen) atoms. The Bertz CT molecular complexity index is 649. The van der Waals surface area contributed by atoms with Gasteiger partial charge < -0.3 is 5.32 Å². The van der Waals surface area contributed by atoms with E-state index in [0.29, 0.717) is 11.4 Å². The van der Waals surface area contributed by atoms with Crippen molar-refractivity contribution in [2.24, 2.45) is 0 Å². The zero-order valence-electron chi connectivity index (χ0n) is 13.3. The number of aryl methyl sites for hydroxylation is 2. The quantitative estimate of drug-likeness (QED) is 0.846. The van der Waals surface area contributed by atoms with Gasteiger partial charge in [0.1, 0.15) is 0 Å². The maximum absolute atomic E-state index is 12.3. The van der Waals surface area contributed by atoms with E-state index in [0.717, 1.165) is 12.0 Å². The lowest BCUT2D eigenvalue weighted by molar-refractivity contribution is -0.121. The Balaban J connectivity index is 2.06. The number of nitrogens with one attached hydrogen (secondary N) is 1. The Hall–Kier alpha value is -1.80. The summed E-state index contributed by atoms with van der Waals surface area (Å²) in [6.45, 7) is 6.26. The summed E-state index contributed by atoms with van der Waals surface area (Å²) in [4.78, 5) is 12.3. The molecule has 0 saturated heterocycles. The highest BCUT2D eigenvalue weighted by atomic mass is 35.5. The molecule has 0 fully saturated rings. The number of hydrogen-bond acceptors (Lipinski definition) is 1. The van der Waals surface area contributed by atoms with Crippen LogP contribution in [-0.4, -0.2) is 5.91 Å². The molecule has 2 aromatic carbocycles. The molecule has 0 aliphatic rings. The Morgan fingerprint density at radius 2 is 1.82 bits per heavy atom. The summed E-state index contributed by atoms with van der Waals surface area (Å²) < 4.78 is 0. The molecule has 116 valence electrons. The van der Waals surface area contributed by atoms with Crippen molar-refractivity contribution < 1.29 is 4.79 Å². The molecular weight excluding hydrogens is 294 g/mol. The highest BCUT2D eigenvalue weighted by Gasteiger charge is 2.15. The first-order valence-corrected chi connectivity index (χ1v) is 7.98. The molecule has 0 aromatic heterocycles. The fraction of sp³-hybridized carbons (Fsp3) is 0.316. The number of carbonyl (C=O) groups is 1. The number of carbonyl (C=O) groups excluding carboxylic acids is 1. The van der Waals surface area contributed by atoms with E-state index >= 15 is 0 Å². The fourth-order valence-corrected chi connectivity index (χ4v) is 2.78. The minimum atomic E-state index is 0.0362. The molecule has 0 aliphatic carbocycles. The van der Waals surface area contributed by atoms with Crippen molar-refractivity contribution >= 4 is 17.5 Å². The van der Waals surface area contributed by atoms with Crippen LogP contribution in [0.2, 0.25) is 5.02 Å². The lowest BCUT2D eigenvalue weighted by atomic mass is 9.97. The Morgan fingerprint density at radius 3 is 2.41 bits per heavy atom.